The maximum absolute atomic E-state index is 13.0. The minimum Gasteiger partial charge on any atom is -0.493 e. The fraction of sp³-hybridized carbons (Fsp3) is 0.294. The number of hydrogen-bond donors (Lipinski definition) is 1. The molecule has 3 rings (SSSR count). The van der Waals surface area contributed by atoms with Gasteiger partial charge in [-0.05, 0) is 48.9 Å². The molecule has 0 aromatic heterocycles. The molecule has 1 unspecified atom stereocenters. The van der Waals surface area contributed by atoms with Gasteiger partial charge in [0.25, 0.3) is 0 Å². The predicted molar refractivity (Wildman–Crippen MR) is 82.6 cm³/mol. The molecule has 0 radical (unpaired) electrons. The van der Waals surface area contributed by atoms with Gasteiger partial charge in [-0.2, -0.15) is 0 Å². The summed E-state index contributed by atoms with van der Waals surface area (Å²) in [6.45, 7) is 0.704. The molecule has 0 saturated carbocycles. The van der Waals surface area contributed by atoms with Crippen molar-refractivity contribution in [1.29, 1.82) is 0 Å². The molecule has 0 bridgehead atoms. The van der Waals surface area contributed by atoms with Gasteiger partial charge in [0.15, 0.2) is 0 Å². The van der Waals surface area contributed by atoms with Crippen molar-refractivity contribution in [3.63, 3.8) is 0 Å². The zero-order chi connectivity index (χ0) is 14.8. The van der Waals surface area contributed by atoms with Gasteiger partial charge in [-0.15, -0.1) is 0 Å². The lowest BCUT2D eigenvalue weighted by Crippen LogP contribution is -2.19. The summed E-state index contributed by atoms with van der Waals surface area (Å²) in [5, 5.41) is 4.04. The van der Waals surface area contributed by atoms with Gasteiger partial charge < -0.3 is 10.1 Å². The number of likely N-dealkylation sites (N-methyl/N-ethyl adjacent to an activating group) is 1. The van der Waals surface area contributed by atoms with Crippen LogP contribution in [0.25, 0.3) is 0 Å². The van der Waals surface area contributed by atoms with E-state index >= 15 is 0 Å². The number of halogens is 2. The highest BCUT2D eigenvalue weighted by atomic mass is 35.5. The molecule has 1 heterocycles. The Morgan fingerprint density at radius 3 is 2.76 bits per heavy atom. The zero-order valence-corrected chi connectivity index (χ0v) is 12.6. The standard InChI is InChI=1S/C17H17ClFNO/c1-20-16(8-11-2-4-14(19)5-3-11)15-10-13(18)9-12-6-7-21-17(12)15/h2-5,9-10,16,20H,6-8H2,1H3. The summed E-state index contributed by atoms with van der Waals surface area (Å²) in [4.78, 5) is 0. The summed E-state index contributed by atoms with van der Waals surface area (Å²) in [6, 6.07) is 10.6. The Morgan fingerprint density at radius 1 is 1.29 bits per heavy atom. The van der Waals surface area contributed by atoms with Gasteiger partial charge in [-0.25, -0.2) is 4.39 Å². The maximum Gasteiger partial charge on any atom is 0.127 e. The Balaban J connectivity index is 1.91. The van der Waals surface area contributed by atoms with Crippen LogP contribution in [0.15, 0.2) is 36.4 Å². The third-order valence-electron chi connectivity index (χ3n) is 3.85. The van der Waals surface area contributed by atoms with Gasteiger partial charge >= 0.3 is 0 Å². The smallest absolute Gasteiger partial charge is 0.127 e. The van der Waals surface area contributed by atoms with E-state index < -0.39 is 0 Å². The monoisotopic (exact) mass is 305 g/mol. The van der Waals surface area contributed by atoms with Crippen LogP contribution in [0.5, 0.6) is 5.75 Å². The molecular formula is C17H17ClFNO. The second-order valence-corrected chi connectivity index (χ2v) is 5.69. The second kappa shape index (κ2) is 6.04. The summed E-state index contributed by atoms with van der Waals surface area (Å²) >= 11 is 6.22. The van der Waals surface area contributed by atoms with Crippen LogP contribution in [-0.2, 0) is 12.8 Å². The van der Waals surface area contributed by atoms with Crippen LogP contribution in [-0.4, -0.2) is 13.7 Å². The molecule has 2 aromatic rings. The SMILES string of the molecule is CNC(Cc1ccc(F)cc1)c1cc(Cl)cc2c1OCC2. The van der Waals surface area contributed by atoms with E-state index in [9.17, 15) is 4.39 Å². The molecule has 2 aromatic carbocycles. The van der Waals surface area contributed by atoms with E-state index in [-0.39, 0.29) is 11.9 Å². The fourth-order valence-electron chi connectivity index (χ4n) is 2.78. The first kappa shape index (κ1) is 14.4. The highest BCUT2D eigenvalue weighted by Gasteiger charge is 2.22. The quantitative estimate of drug-likeness (QED) is 0.924. The van der Waals surface area contributed by atoms with Crippen molar-refractivity contribution in [2.45, 2.75) is 18.9 Å². The van der Waals surface area contributed by atoms with E-state index in [1.54, 1.807) is 0 Å². The van der Waals surface area contributed by atoms with Crippen molar-refractivity contribution < 1.29 is 9.13 Å². The van der Waals surface area contributed by atoms with Gasteiger partial charge in [0.05, 0.1) is 6.61 Å². The Bertz CT molecular complexity index is 642. The first-order valence-electron chi connectivity index (χ1n) is 7.04. The molecule has 110 valence electrons. The number of benzene rings is 2. The van der Waals surface area contributed by atoms with Crippen molar-refractivity contribution in [3.05, 3.63) is 63.9 Å². The van der Waals surface area contributed by atoms with Crippen LogP contribution in [0.3, 0.4) is 0 Å². The van der Waals surface area contributed by atoms with Gasteiger partial charge in [0.1, 0.15) is 11.6 Å². The van der Waals surface area contributed by atoms with Gasteiger partial charge in [-0.1, -0.05) is 23.7 Å². The summed E-state index contributed by atoms with van der Waals surface area (Å²) in [6.07, 6.45) is 1.66. The molecule has 0 fully saturated rings. The molecule has 1 aliphatic rings. The third-order valence-corrected chi connectivity index (χ3v) is 4.07. The van der Waals surface area contributed by atoms with E-state index in [1.165, 1.54) is 12.1 Å². The van der Waals surface area contributed by atoms with Crippen LogP contribution in [0.2, 0.25) is 5.02 Å². The van der Waals surface area contributed by atoms with Crippen molar-refractivity contribution in [2.75, 3.05) is 13.7 Å². The molecule has 1 aliphatic heterocycles. The molecular weight excluding hydrogens is 289 g/mol. The molecule has 4 heteroatoms. The maximum atomic E-state index is 13.0. The summed E-state index contributed by atoms with van der Waals surface area (Å²) in [5.74, 6) is 0.729. The lowest BCUT2D eigenvalue weighted by Gasteiger charge is -2.20. The Hall–Kier alpha value is -1.58. The van der Waals surface area contributed by atoms with Crippen molar-refractivity contribution in [3.8, 4) is 5.75 Å². The topological polar surface area (TPSA) is 21.3 Å². The lowest BCUT2D eigenvalue weighted by atomic mass is 9.96. The van der Waals surface area contributed by atoms with Crippen molar-refractivity contribution in [1.82, 2.24) is 5.32 Å². The fourth-order valence-corrected chi connectivity index (χ4v) is 3.03. The van der Waals surface area contributed by atoms with Crippen molar-refractivity contribution >= 4 is 11.6 Å². The average Bonchev–Trinajstić information content (AvgIpc) is 2.94. The minimum atomic E-state index is -0.216. The molecule has 0 aliphatic carbocycles. The summed E-state index contributed by atoms with van der Waals surface area (Å²) < 4.78 is 18.8. The largest absolute Gasteiger partial charge is 0.493 e. The number of fused-ring (bicyclic) bond motifs is 1. The molecule has 2 nitrogen and oxygen atoms in total. The summed E-state index contributed by atoms with van der Waals surface area (Å²) in [5.41, 5.74) is 3.31. The predicted octanol–water partition coefficient (Wildman–Crippen LogP) is 3.92. The van der Waals surface area contributed by atoms with Crippen LogP contribution < -0.4 is 10.1 Å². The Kier molecular flexibility index (Phi) is 4.13. The normalized spacial score (nSPS) is 14.6. The lowest BCUT2D eigenvalue weighted by molar-refractivity contribution is 0.349. The molecule has 0 saturated heterocycles. The molecule has 0 amide bonds. The van der Waals surface area contributed by atoms with Gasteiger partial charge in [-0.3, -0.25) is 0 Å². The van der Waals surface area contributed by atoms with Gasteiger partial charge in [0.2, 0.25) is 0 Å². The van der Waals surface area contributed by atoms with Crippen molar-refractivity contribution in [2.24, 2.45) is 0 Å². The molecule has 21 heavy (non-hydrogen) atoms. The van der Waals surface area contributed by atoms with Crippen LogP contribution in [0.1, 0.15) is 22.7 Å². The number of hydrogen-bond acceptors (Lipinski definition) is 2. The summed E-state index contributed by atoms with van der Waals surface area (Å²) in [7, 11) is 1.91. The highest BCUT2D eigenvalue weighted by Crippen LogP contribution is 2.37. The first-order chi connectivity index (χ1) is 10.2. The number of rotatable bonds is 4. The third kappa shape index (κ3) is 3.04. The second-order valence-electron chi connectivity index (χ2n) is 5.25. The zero-order valence-electron chi connectivity index (χ0n) is 11.8. The Labute approximate surface area is 128 Å². The minimum absolute atomic E-state index is 0.0843. The number of nitrogens with one attached hydrogen (secondary N) is 1. The van der Waals surface area contributed by atoms with Crippen LogP contribution >= 0.6 is 11.6 Å². The van der Waals surface area contributed by atoms with E-state index in [2.05, 4.69) is 5.32 Å². The van der Waals surface area contributed by atoms with Crippen LogP contribution in [0.4, 0.5) is 4.39 Å². The van der Waals surface area contributed by atoms with Crippen LogP contribution in [0, 0.1) is 5.82 Å². The molecule has 1 N–H and O–H groups in total. The van der Waals surface area contributed by atoms with E-state index in [1.807, 2.05) is 31.3 Å². The highest BCUT2D eigenvalue weighted by molar-refractivity contribution is 6.30. The average molecular weight is 306 g/mol. The van der Waals surface area contributed by atoms with Gasteiger partial charge in [0, 0.05) is 23.0 Å². The van der Waals surface area contributed by atoms with E-state index in [0.29, 0.717) is 6.61 Å². The van der Waals surface area contributed by atoms with E-state index in [4.69, 9.17) is 16.3 Å². The van der Waals surface area contributed by atoms with E-state index in [0.717, 1.165) is 40.3 Å². The number of ether oxygens (including phenoxy) is 1. The molecule has 1 atom stereocenters. The first-order valence-corrected chi connectivity index (χ1v) is 7.42. The Morgan fingerprint density at radius 2 is 2.05 bits per heavy atom. The molecule has 0 spiro atoms.